The van der Waals surface area contributed by atoms with Crippen molar-refractivity contribution in [2.45, 2.75) is 12.5 Å². The van der Waals surface area contributed by atoms with E-state index in [9.17, 15) is 9.59 Å². The maximum absolute atomic E-state index is 11.6. The second-order valence-electron chi connectivity index (χ2n) is 4.74. The molecule has 0 spiro atoms. The number of carbonyl (C=O) groups excluding carboxylic acids is 2. The van der Waals surface area contributed by atoms with Gasteiger partial charge in [-0.3, -0.25) is 4.79 Å². The molecular formula is C14H22N4O2. The molecule has 6 nitrogen and oxygen atoms in total. The zero-order valence-electron chi connectivity index (χ0n) is 11.9. The second kappa shape index (κ2) is 8.16. The summed E-state index contributed by atoms with van der Waals surface area (Å²) in [5, 5.41) is 5.38. The van der Waals surface area contributed by atoms with Crippen LogP contribution in [0.1, 0.15) is 18.0 Å². The van der Waals surface area contributed by atoms with Gasteiger partial charge in [0.2, 0.25) is 5.91 Å². The Kier molecular flexibility index (Phi) is 6.52. The molecule has 0 heterocycles. The third-order valence-corrected chi connectivity index (χ3v) is 2.92. The molecule has 6 heteroatoms. The SMILES string of the molecule is CN(C)C(CNC(=O)NCCC(N)=O)c1ccccc1. The van der Waals surface area contributed by atoms with Crippen molar-refractivity contribution in [3.05, 3.63) is 35.9 Å². The molecule has 20 heavy (non-hydrogen) atoms. The number of urea groups is 1. The van der Waals surface area contributed by atoms with Crippen LogP contribution < -0.4 is 16.4 Å². The predicted octanol–water partition coefficient (Wildman–Crippen LogP) is 0.464. The number of likely N-dealkylation sites (N-methyl/N-ethyl adjacent to an activating group) is 1. The lowest BCUT2D eigenvalue weighted by atomic mass is 10.1. The summed E-state index contributed by atoms with van der Waals surface area (Å²) in [7, 11) is 3.93. The van der Waals surface area contributed by atoms with E-state index in [1.54, 1.807) is 0 Å². The molecule has 0 aliphatic rings. The van der Waals surface area contributed by atoms with Gasteiger partial charge in [0.05, 0.1) is 6.04 Å². The molecule has 1 aromatic carbocycles. The molecule has 1 atom stereocenters. The minimum absolute atomic E-state index is 0.0955. The van der Waals surface area contributed by atoms with Crippen molar-refractivity contribution in [2.75, 3.05) is 27.2 Å². The highest BCUT2D eigenvalue weighted by Crippen LogP contribution is 2.16. The number of benzene rings is 1. The Bertz CT molecular complexity index is 434. The summed E-state index contributed by atoms with van der Waals surface area (Å²) in [6, 6.07) is 9.75. The van der Waals surface area contributed by atoms with Gasteiger partial charge >= 0.3 is 6.03 Å². The minimum atomic E-state index is -0.430. The largest absolute Gasteiger partial charge is 0.370 e. The first kappa shape index (κ1) is 16.0. The van der Waals surface area contributed by atoms with Crippen molar-refractivity contribution < 1.29 is 9.59 Å². The maximum atomic E-state index is 11.6. The van der Waals surface area contributed by atoms with Crippen LogP contribution in [0, 0.1) is 0 Å². The van der Waals surface area contributed by atoms with Crippen molar-refractivity contribution in [1.29, 1.82) is 0 Å². The van der Waals surface area contributed by atoms with E-state index in [-0.39, 0.29) is 25.0 Å². The number of nitrogens with zero attached hydrogens (tertiary/aromatic N) is 1. The van der Waals surface area contributed by atoms with Crippen LogP contribution in [0.2, 0.25) is 0 Å². The normalized spacial score (nSPS) is 11.9. The Hall–Kier alpha value is -2.08. The van der Waals surface area contributed by atoms with Gasteiger partial charge in [0.25, 0.3) is 0 Å². The van der Waals surface area contributed by atoms with Gasteiger partial charge in [-0.1, -0.05) is 30.3 Å². The molecule has 0 bridgehead atoms. The second-order valence-corrected chi connectivity index (χ2v) is 4.74. The first-order chi connectivity index (χ1) is 9.50. The highest BCUT2D eigenvalue weighted by Gasteiger charge is 2.14. The van der Waals surface area contributed by atoms with Crippen LogP contribution in [0.3, 0.4) is 0 Å². The number of primary amides is 1. The van der Waals surface area contributed by atoms with Crippen LogP contribution in [-0.2, 0) is 4.79 Å². The lowest BCUT2D eigenvalue weighted by Gasteiger charge is -2.25. The fourth-order valence-electron chi connectivity index (χ4n) is 1.82. The summed E-state index contributed by atoms with van der Waals surface area (Å²) >= 11 is 0. The van der Waals surface area contributed by atoms with Gasteiger partial charge in [-0.15, -0.1) is 0 Å². The summed E-state index contributed by atoms with van der Waals surface area (Å²) in [6.07, 6.45) is 0.142. The number of rotatable bonds is 7. The third kappa shape index (κ3) is 5.71. The number of hydrogen-bond acceptors (Lipinski definition) is 3. The Morgan fingerprint density at radius 3 is 2.40 bits per heavy atom. The molecule has 0 aliphatic heterocycles. The molecule has 0 radical (unpaired) electrons. The van der Waals surface area contributed by atoms with Gasteiger partial charge in [-0.25, -0.2) is 4.79 Å². The molecule has 1 aromatic rings. The molecule has 1 rings (SSSR count). The van der Waals surface area contributed by atoms with E-state index in [1.807, 2.05) is 49.3 Å². The lowest BCUT2D eigenvalue weighted by molar-refractivity contribution is -0.117. The van der Waals surface area contributed by atoms with E-state index in [0.29, 0.717) is 6.54 Å². The van der Waals surface area contributed by atoms with Crippen molar-refractivity contribution in [3.8, 4) is 0 Å². The smallest absolute Gasteiger partial charge is 0.314 e. The van der Waals surface area contributed by atoms with E-state index >= 15 is 0 Å². The van der Waals surface area contributed by atoms with E-state index in [0.717, 1.165) is 5.56 Å². The minimum Gasteiger partial charge on any atom is -0.370 e. The Balaban J connectivity index is 2.44. The van der Waals surface area contributed by atoms with Gasteiger partial charge in [0, 0.05) is 19.5 Å². The first-order valence-corrected chi connectivity index (χ1v) is 6.52. The fraction of sp³-hybridized carbons (Fsp3) is 0.429. The quantitative estimate of drug-likeness (QED) is 0.677. The molecule has 0 saturated heterocycles. The van der Waals surface area contributed by atoms with Gasteiger partial charge in [0.15, 0.2) is 0 Å². The summed E-state index contributed by atoms with van der Waals surface area (Å²) in [6.45, 7) is 0.735. The van der Waals surface area contributed by atoms with Crippen molar-refractivity contribution >= 4 is 11.9 Å². The average Bonchev–Trinajstić information content (AvgIpc) is 2.39. The van der Waals surface area contributed by atoms with Gasteiger partial charge in [0.1, 0.15) is 0 Å². The maximum Gasteiger partial charge on any atom is 0.314 e. The van der Waals surface area contributed by atoms with Crippen molar-refractivity contribution in [1.82, 2.24) is 15.5 Å². The van der Waals surface area contributed by atoms with E-state index in [2.05, 4.69) is 10.6 Å². The fourth-order valence-corrected chi connectivity index (χ4v) is 1.82. The monoisotopic (exact) mass is 278 g/mol. The van der Waals surface area contributed by atoms with E-state index in [1.165, 1.54) is 0 Å². The molecule has 4 N–H and O–H groups in total. The van der Waals surface area contributed by atoms with E-state index < -0.39 is 5.91 Å². The third-order valence-electron chi connectivity index (χ3n) is 2.92. The molecule has 0 aromatic heterocycles. The number of amides is 3. The summed E-state index contributed by atoms with van der Waals surface area (Å²) in [5.41, 5.74) is 6.13. The Labute approximate surface area is 119 Å². The molecule has 0 fully saturated rings. The summed E-state index contributed by atoms with van der Waals surface area (Å²) in [5.74, 6) is -0.430. The molecule has 0 aliphatic carbocycles. The molecule has 3 amide bonds. The number of hydrogen-bond donors (Lipinski definition) is 3. The standard InChI is InChI=1S/C14H22N4O2/c1-18(2)12(11-6-4-3-5-7-11)10-17-14(20)16-9-8-13(15)19/h3-7,12H,8-10H2,1-2H3,(H2,15,19)(H2,16,17,20). The molecular weight excluding hydrogens is 256 g/mol. The van der Waals surface area contributed by atoms with Crippen LogP contribution in [0.5, 0.6) is 0 Å². The van der Waals surface area contributed by atoms with Gasteiger partial charge in [-0.2, -0.15) is 0 Å². The summed E-state index contributed by atoms with van der Waals surface area (Å²) in [4.78, 5) is 24.2. The lowest BCUT2D eigenvalue weighted by Crippen LogP contribution is -2.41. The van der Waals surface area contributed by atoms with Crippen LogP contribution >= 0.6 is 0 Å². The number of nitrogens with two attached hydrogens (primary N) is 1. The Morgan fingerprint density at radius 2 is 1.85 bits per heavy atom. The first-order valence-electron chi connectivity index (χ1n) is 6.52. The number of nitrogens with one attached hydrogen (secondary N) is 2. The average molecular weight is 278 g/mol. The summed E-state index contributed by atoms with van der Waals surface area (Å²) < 4.78 is 0. The Morgan fingerprint density at radius 1 is 1.20 bits per heavy atom. The topological polar surface area (TPSA) is 87.5 Å². The van der Waals surface area contributed by atoms with Gasteiger partial charge < -0.3 is 21.3 Å². The van der Waals surface area contributed by atoms with Crippen LogP contribution in [0.25, 0.3) is 0 Å². The van der Waals surface area contributed by atoms with Crippen LogP contribution in [-0.4, -0.2) is 44.0 Å². The molecule has 0 saturated carbocycles. The van der Waals surface area contributed by atoms with E-state index in [4.69, 9.17) is 5.73 Å². The van der Waals surface area contributed by atoms with Crippen LogP contribution in [0.4, 0.5) is 4.79 Å². The zero-order chi connectivity index (χ0) is 15.0. The molecule has 1 unspecified atom stereocenters. The van der Waals surface area contributed by atoms with Crippen LogP contribution in [0.15, 0.2) is 30.3 Å². The highest BCUT2D eigenvalue weighted by atomic mass is 16.2. The predicted molar refractivity (Wildman–Crippen MR) is 78.1 cm³/mol. The molecule has 110 valence electrons. The van der Waals surface area contributed by atoms with Gasteiger partial charge in [-0.05, 0) is 19.7 Å². The highest BCUT2D eigenvalue weighted by molar-refractivity contribution is 5.76. The number of carbonyl (C=O) groups is 2. The van der Waals surface area contributed by atoms with Crippen molar-refractivity contribution in [3.63, 3.8) is 0 Å². The zero-order valence-corrected chi connectivity index (χ0v) is 11.9. The van der Waals surface area contributed by atoms with Crippen molar-refractivity contribution in [2.24, 2.45) is 5.73 Å².